The van der Waals surface area contributed by atoms with Gasteiger partial charge >= 0.3 is 0 Å². The van der Waals surface area contributed by atoms with Crippen LogP contribution in [0.1, 0.15) is 68.3 Å². The molecule has 0 saturated heterocycles. The topological polar surface area (TPSA) is 79.9 Å². The van der Waals surface area contributed by atoms with E-state index in [1.807, 2.05) is 18.5 Å². The predicted molar refractivity (Wildman–Crippen MR) is 101 cm³/mol. The van der Waals surface area contributed by atoms with Gasteiger partial charge in [0.2, 0.25) is 5.91 Å². The highest BCUT2D eigenvalue weighted by Gasteiger charge is 2.14. The van der Waals surface area contributed by atoms with E-state index in [4.69, 9.17) is 10.00 Å². The molecule has 1 aromatic heterocycles. The largest absolute Gasteiger partial charge is 0.378 e. The van der Waals surface area contributed by atoms with Crippen LogP contribution in [0.3, 0.4) is 0 Å². The van der Waals surface area contributed by atoms with Gasteiger partial charge in [0.15, 0.2) is 0 Å². The Labute approximate surface area is 156 Å². The number of nitrogens with zero attached hydrogens (tertiary/aromatic N) is 3. The number of carbonyl (C=O) groups is 1. The van der Waals surface area contributed by atoms with Gasteiger partial charge in [-0.05, 0) is 45.1 Å². The normalized spacial score (nSPS) is 15.0. The van der Waals surface area contributed by atoms with Gasteiger partial charge in [0.25, 0.3) is 0 Å². The lowest BCUT2D eigenvalue weighted by molar-refractivity contribution is -0.121. The number of hydrogen-bond donors (Lipinski definition) is 1. The van der Waals surface area contributed by atoms with Gasteiger partial charge in [-0.1, -0.05) is 19.3 Å². The molecule has 6 heteroatoms. The zero-order valence-electron chi connectivity index (χ0n) is 16.2. The Morgan fingerprint density at radius 3 is 2.85 bits per heavy atom. The van der Waals surface area contributed by atoms with E-state index >= 15 is 0 Å². The molecule has 1 fully saturated rings. The standard InChI is InChI=1S/C20H32N4O2/c1-16-19(17(2)24(23-16)14-6-12-21)10-11-20(25)22-13-7-15-26-18-8-4-3-5-9-18/h18H,3-11,13-15H2,1-2H3,(H,22,25). The van der Waals surface area contributed by atoms with Gasteiger partial charge in [-0.25, -0.2) is 0 Å². The Hall–Kier alpha value is -1.87. The molecule has 1 N–H and O–H groups in total. The lowest BCUT2D eigenvalue weighted by Gasteiger charge is -2.21. The van der Waals surface area contributed by atoms with Crippen LogP contribution >= 0.6 is 0 Å². The van der Waals surface area contributed by atoms with Crippen molar-refractivity contribution in [3.63, 3.8) is 0 Å². The van der Waals surface area contributed by atoms with E-state index in [2.05, 4.69) is 16.5 Å². The second-order valence-corrected chi connectivity index (χ2v) is 7.11. The molecule has 0 bridgehead atoms. The number of ether oxygens (including phenoxy) is 1. The first-order valence-electron chi connectivity index (χ1n) is 9.90. The zero-order chi connectivity index (χ0) is 18.8. The summed E-state index contributed by atoms with van der Waals surface area (Å²) in [6.07, 6.45) is 9.19. The van der Waals surface area contributed by atoms with E-state index in [0.717, 1.165) is 30.0 Å². The van der Waals surface area contributed by atoms with Crippen LogP contribution in [0.2, 0.25) is 0 Å². The van der Waals surface area contributed by atoms with Crippen LogP contribution in [0.5, 0.6) is 0 Å². The Bertz CT molecular complexity index is 612. The fourth-order valence-electron chi connectivity index (χ4n) is 3.58. The van der Waals surface area contributed by atoms with Crippen LogP contribution in [-0.2, 0) is 22.5 Å². The molecule has 1 aliphatic rings. The summed E-state index contributed by atoms with van der Waals surface area (Å²) in [5.74, 6) is 0.0752. The molecule has 26 heavy (non-hydrogen) atoms. The van der Waals surface area contributed by atoms with Crippen molar-refractivity contribution < 1.29 is 9.53 Å². The Balaban J connectivity index is 1.62. The first-order chi connectivity index (χ1) is 12.6. The predicted octanol–water partition coefficient (Wildman–Crippen LogP) is 3.20. The third kappa shape index (κ3) is 6.45. The van der Waals surface area contributed by atoms with Crippen LogP contribution in [-0.4, -0.2) is 34.9 Å². The molecular weight excluding hydrogens is 328 g/mol. The van der Waals surface area contributed by atoms with Crippen molar-refractivity contribution in [1.82, 2.24) is 15.1 Å². The average molecular weight is 361 g/mol. The molecule has 1 aromatic rings. The highest BCUT2D eigenvalue weighted by molar-refractivity contribution is 5.76. The van der Waals surface area contributed by atoms with Crippen molar-refractivity contribution in [2.24, 2.45) is 0 Å². The van der Waals surface area contributed by atoms with E-state index < -0.39 is 0 Å². The highest BCUT2D eigenvalue weighted by Crippen LogP contribution is 2.20. The number of carbonyl (C=O) groups excluding carboxylic acids is 1. The lowest BCUT2D eigenvalue weighted by atomic mass is 9.98. The molecule has 0 atom stereocenters. The number of aromatic nitrogens is 2. The molecule has 1 saturated carbocycles. The van der Waals surface area contributed by atoms with Gasteiger partial charge in [-0.15, -0.1) is 0 Å². The van der Waals surface area contributed by atoms with Gasteiger partial charge in [0.05, 0.1) is 30.8 Å². The fourth-order valence-corrected chi connectivity index (χ4v) is 3.58. The van der Waals surface area contributed by atoms with Crippen molar-refractivity contribution in [2.75, 3.05) is 13.2 Å². The Morgan fingerprint density at radius 2 is 2.12 bits per heavy atom. The number of nitriles is 1. The molecule has 0 aliphatic heterocycles. The van der Waals surface area contributed by atoms with Crippen LogP contribution in [0.15, 0.2) is 0 Å². The first-order valence-corrected chi connectivity index (χ1v) is 9.90. The second kappa shape index (κ2) is 11.0. The molecule has 1 amide bonds. The van der Waals surface area contributed by atoms with Gasteiger partial charge in [0.1, 0.15) is 0 Å². The molecule has 1 aliphatic carbocycles. The summed E-state index contributed by atoms with van der Waals surface area (Å²) >= 11 is 0. The third-order valence-electron chi connectivity index (χ3n) is 5.12. The van der Waals surface area contributed by atoms with Crippen LogP contribution in [0, 0.1) is 25.2 Å². The van der Waals surface area contributed by atoms with E-state index in [1.54, 1.807) is 0 Å². The SMILES string of the molecule is Cc1nn(CCC#N)c(C)c1CCC(=O)NCCCOC1CCCCC1. The van der Waals surface area contributed by atoms with Crippen molar-refractivity contribution in [2.45, 2.75) is 84.3 Å². The quantitative estimate of drug-likeness (QED) is 0.650. The minimum absolute atomic E-state index is 0.0752. The van der Waals surface area contributed by atoms with E-state index in [0.29, 0.717) is 38.5 Å². The molecule has 2 rings (SSSR count). The number of nitrogens with one attached hydrogen (secondary N) is 1. The first kappa shape index (κ1) is 20.4. The Morgan fingerprint density at radius 1 is 1.35 bits per heavy atom. The van der Waals surface area contributed by atoms with Crippen LogP contribution < -0.4 is 5.32 Å². The molecule has 1 heterocycles. The molecule has 6 nitrogen and oxygen atoms in total. The monoisotopic (exact) mass is 360 g/mol. The Kier molecular flexibility index (Phi) is 8.63. The van der Waals surface area contributed by atoms with E-state index in [-0.39, 0.29) is 5.91 Å². The number of hydrogen-bond acceptors (Lipinski definition) is 4. The minimum Gasteiger partial charge on any atom is -0.378 e. The summed E-state index contributed by atoms with van der Waals surface area (Å²) in [4.78, 5) is 12.1. The van der Waals surface area contributed by atoms with Crippen molar-refractivity contribution >= 4 is 5.91 Å². The van der Waals surface area contributed by atoms with Crippen molar-refractivity contribution in [1.29, 1.82) is 5.26 Å². The summed E-state index contributed by atoms with van der Waals surface area (Å²) in [7, 11) is 0. The van der Waals surface area contributed by atoms with Crippen molar-refractivity contribution in [3.05, 3.63) is 17.0 Å². The van der Waals surface area contributed by atoms with Gasteiger partial charge in [-0.3, -0.25) is 9.48 Å². The third-order valence-corrected chi connectivity index (χ3v) is 5.12. The van der Waals surface area contributed by atoms with Crippen molar-refractivity contribution in [3.8, 4) is 6.07 Å². The average Bonchev–Trinajstić information content (AvgIpc) is 2.92. The maximum Gasteiger partial charge on any atom is 0.220 e. The lowest BCUT2D eigenvalue weighted by Crippen LogP contribution is -2.26. The van der Waals surface area contributed by atoms with Gasteiger partial charge < -0.3 is 10.1 Å². The van der Waals surface area contributed by atoms with Gasteiger partial charge in [-0.2, -0.15) is 10.4 Å². The molecule has 0 aromatic carbocycles. The summed E-state index contributed by atoms with van der Waals surface area (Å²) in [5, 5.41) is 16.2. The van der Waals surface area contributed by atoms with Crippen LogP contribution in [0.25, 0.3) is 0 Å². The maximum absolute atomic E-state index is 12.1. The number of rotatable bonds is 10. The fraction of sp³-hybridized carbons (Fsp3) is 0.750. The summed E-state index contributed by atoms with van der Waals surface area (Å²) in [6, 6.07) is 2.14. The zero-order valence-corrected chi connectivity index (χ0v) is 16.2. The number of amides is 1. The maximum atomic E-state index is 12.1. The van der Waals surface area contributed by atoms with Gasteiger partial charge in [0, 0.05) is 25.3 Å². The molecule has 0 radical (unpaired) electrons. The summed E-state index contributed by atoms with van der Waals surface area (Å²) < 4.78 is 7.74. The van der Waals surface area contributed by atoms with E-state index in [1.165, 1.54) is 32.1 Å². The second-order valence-electron chi connectivity index (χ2n) is 7.11. The van der Waals surface area contributed by atoms with Crippen LogP contribution in [0.4, 0.5) is 0 Å². The molecule has 0 spiro atoms. The number of aryl methyl sites for hydroxylation is 2. The molecule has 0 unspecified atom stereocenters. The summed E-state index contributed by atoms with van der Waals surface area (Å²) in [5.41, 5.74) is 3.14. The minimum atomic E-state index is 0.0752. The smallest absolute Gasteiger partial charge is 0.220 e. The summed E-state index contributed by atoms with van der Waals surface area (Å²) in [6.45, 7) is 5.98. The highest BCUT2D eigenvalue weighted by atomic mass is 16.5. The molecule has 144 valence electrons. The van der Waals surface area contributed by atoms with E-state index in [9.17, 15) is 4.79 Å². The molecular formula is C20H32N4O2.